The molecule has 0 radical (unpaired) electrons. The van der Waals surface area contributed by atoms with E-state index in [0.717, 1.165) is 49.2 Å². The zero-order valence-electron chi connectivity index (χ0n) is 14.5. The van der Waals surface area contributed by atoms with Gasteiger partial charge < -0.3 is 25.0 Å². The van der Waals surface area contributed by atoms with Crippen LogP contribution in [0.4, 0.5) is 5.69 Å². The summed E-state index contributed by atoms with van der Waals surface area (Å²) in [5.74, 6) is 2.44. The Hall–Kier alpha value is -1.95. The summed E-state index contributed by atoms with van der Waals surface area (Å²) in [5.41, 5.74) is 1.06. The highest BCUT2D eigenvalue weighted by molar-refractivity contribution is 5.78. The summed E-state index contributed by atoms with van der Waals surface area (Å²) in [6, 6.07) is 6.07. The van der Waals surface area contributed by atoms with Crippen LogP contribution >= 0.6 is 0 Å². The first kappa shape index (κ1) is 16.9. The number of benzene rings is 1. The molecule has 24 heavy (non-hydrogen) atoms. The lowest BCUT2D eigenvalue weighted by atomic mass is 10.2. The van der Waals surface area contributed by atoms with Crippen LogP contribution in [0.3, 0.4) is 0 Å². The molecule has 1 saturated carbocycles. The van der Waals surface area contributed by atoms with Crippen molar-refractivity contribution in [3.05, 3.63) is 18.2 Å². The largest absolute Gasteiger partial charge is 0.497 e. The molecular formula is C18H27N3O3. The van der Waals surface area contributed by atoms with Gasteiger partial charge in [-0.05, 0) is 31.7 Å². The van der Waals surface area contributed by atoms with Crippen LogP contribution in [0.2, 0.25) is 0 Å². The molecule has 3 rings (SSSR count). The van der Waals surface area contributed by atoms with Gasteiger partial charge in [-0.3, -0.25) is 4.79 Å². The maximum absolute atomic E-state index is 12.0. The van der Waals surface area contributed by atoms with Gasteiger partial charge in [-0.15, -0.1) is 0 Å². The first-order chi connectivity index (χ1) is 11.7. The van der Waals surface area contributed by atoms with Crippen molar-refractivity contribution in [3.8, 4) is 11.5 Å². The molecule has 1 heterocycles. The lowest BCUT2D eigenvalue weighted by Gasteiger charge is -2.20. The van der Waals surface area contributed by atoms with Crippen LogP contribution < -0.4 is 25.0 Å². The molecule has 0 aromatic heterocycles. The maximum atomic E-state index is 12.0. The molecule has 0 spiro atoms. The van der Waals surface area contributed by atoms with Gasteiger partial charge >= 0.3 is 0 Å². The Balaban J connectivity index is 1.50. The molecule has 6 heteroatoms. The molecule has 2 fully saturated rings. The van der Waals surface area contributed by atoms with Crippen LogP contribution in [0.5, 0.6) is 11.5 Å². The number of amides is 1. The van der Waals surface area contributed by atoms with Crippen LogP contribution in [-0.4, -0.2) is 52.3 Å². The fraction of sp³-hybridized carbons (Fsp3) is 0.611. The van der Waals surface area contributed by atoms with Crippen molar-refractivity contribution in [1.29, 1.82) is 0 Å². The minimum atomic E-state index is 0.0886. The van der Waals surface area contributed by atoms with Gasteiger partial charge in [0.2, 0.25) is 5.91 Å². The normalized spacial score (nSPS) is 20.1. The topological polar surface area (TPSA) is 62.8 Å². The third-order valence-electron chi connectivity index (χ3n) is 4.67. The minimum Gasteiger partial charge on any atom is -0.497 e. The van der Waals surface area contributed by atoms with E-state index in [1.54, 1.807) is 14.2 Å². The summed E-state index contributed by atoms with van der Waals surface area (Å²) < 4.78 is 10.7. The van der Waals surface area contributed by atoms with Crippen molar-refractivity contribution in [2.24, 2.45) is 5.92 Å². The summed E-state index contributed by atoms with van der Waals surface area (Å²) >= 11 is 0. The van der Waals surface area contributed by atoms with Gasteiger partial charge in [0.1, 0.15) is 11.5 Å². The lowest BCUT2D eigenvalue weighted by molar-refractivity contribution is -0.120. The number of hydrogen-bond acceptors (Lipinski definition) is 5. The molecule has 1 aromatic rings. The monoisotopic (exact) mass is 333 g/mol. The van der Waals surface area contributed by atoms with Gasteiger partial charge in [0.15, 0.2) is 0 Å². The first-order valence-electron chi connectivity index (χ1n) is 8.66. The smallest absolute Gasteiger partial charge is 0.234 e. The number of carbonyl (C=O) groups is 1. The highest BCUT2D eigenvalue weighted by Crippen LogP contribution is 2.30. The van der Waals surface area contributed by atoms with Crippen molar-refractivity contribution < 1.29 is 14.3 Å². The quantitative estimate of drug-likeness (QED) is 0.753. The number of rotatable bonds is 8. The highest BCUT2D eigenvalue weighted by Gasteiger charge is 2.25. The average molecular weight is 333 g/mol. The third-order valence-corrected chi connectivity index (χ3v) is 4.67. The first-order valence-corrected chi connectivity index (χ1v) is 8.66. The second-order valence-electron chi connectivity index (χ2n) is 6.64. The molecular weight excluding hydrogens is 306 g/mol. The van der Waals surface area contributed by atoms with Crippen LogP contribution in [0, 0.1) is 5.92 Å². The van der Waals surface area contributed by atoms with Crippen molar-refractivity contribution in [1.82, 2.24) is 10.6 Å². The van der Waals surface area contributed by atoms with Crippen LogP contribution in [-0.2, 0) is 4.79 Å². The number of ether oxygens (including phenoxy) is 2. The Kier molecular flexibility index (Phi) is 5.45. The van der Waals surface area contributed by atoms with Gasteiger partial charge in [-0.1, -0.05) is 0 Å². The van der Waals surface area contributed by atoms with Gasteiger partial charge in [0, 0.05) is 43.0 Å². The lowest BCUT2D eigenvalue weighted by Crippen LogP contribution is -2.42. The summed E-state index contributed by atoms with van der Waals surface area (Å²) in [6.45, 7) is 3.11. The molecule has 1 atom stereocenters. The van der Waals surface area contributed by atoms with E-state index in [0.29, 0.717) is 6.54 Å². The molecule has 6 nitrogen and oxygen atoms in total. The summed E-state index contributed by atoms with van der Waals surface area (Å²) in [6.07, 6.45) is 3.56. The molecule has 1 amide bonds. The van der Waals surface area contributed by atoms with Crippen molar-refractivity contribution in [2.45, 2.75) is 25.3 Å². The van der Waals surface area contributed by atoms with E-state index in [1.165, 1.54) is 12.8 Å². The Morgan fingerprint density at radius 3 is 2.50 bits per heavy atom. The zero-order chi connectivity index (χ0) is 16.9. The number of nitrogens with zero attached hydrogens (tertiary/aromatic N) is 1. The van der Waals surface area contributed by atoms with E-state index in [1.807, 2.05) is 18.2 Å². The summed E-state index contributed by atoms with van der Waals surface area (Å²) in [5, 5.41) is 6.36. The van der Waals surface area contributed by atoms with E-state index >= 15 is 0 Å². The van der Waals surface area contributed by atoms with Gasteiger partial charge in [0.05, 0.1) is 20.8 Å². The molecule has 0 bridgehead atoms. The number of carbonyl (C=O) groups excluding carboxylic acids is 1. The molecule has 1 aliphatic heterocycles. The Labute approximate surface area is 143 Å². The Morgan fingerprint density at radius 2 is 1.88 bits per heavy atom. The predicted octanol–water partition coefficient (Wildman–Crippen LogP) is 1.40. The summed E-state index contributed by atoms with van der Waals surface area (Å²) in [4.78, 5) is 14.3. The van der Waals surface area contributed by atoms with E-state index in [9.17, 15) is 4.79 Å². The van der Waals surface area contributed by atoms with Crippen molar-refractivity contribution in [3.63, 3.8) is 0 Å². The van der Waals surface area contributed by atoms with E-state index < -0.39 is 0 Å². The Bertz CT molecular complexity index is 552. The molecule has 2 aliphatic rings. The molecule has 1 aromatic carbocycles. The number of anilines is 1. The average Bonchev–Trinajstić information content (AvgIpc) is 3.30. The number of hydrogen-bond donors (Lipinski definition) is 2. The van der Waals surface area contributed by atoms with Gasteiger partial charge in [-0.25, -0.2) is 0 Å². The molecule has 1 unspecified atom stereocenters. The van der Waals surface area contributed by atoms with E-state index in [4.69, 9.17) is 9.47 Å². The maximum Gasteiger partial charge on any atom is 0.234 e. The fourth-order valence-corrected chi connectivity index (χ4v) is 3.08. The third kappa shape index (κ3) is 4.54. The number of nitrogens with one attached hydrogen (secondary N) is 2. The molecule has 132 valence electrons. The second kappa shape index (κ2) is 7.75. The molecule has 1 aliphatic carbocycles. The second-order valence-corrected chi connectivity index (χ2v) is 6.64. The predicted molar refractivity (Wildman–Crippen MR) is 93.9 cm³/mol. The van der Waals surface area contributed by atoms with Gasteiger partial charge in [-0.2, -0.15) is 0 Å². The summed E-state index contributed by atoms with van der Waals surface area (Å²) in [7, 11) is 3.31. The zero-order valence-corrected chi connectivity index (χ0v) is 14.5. The highest BCUT2D eigenvalue weighted by atomic mass is 16.5. The molecule has 2 N–H and O–H groups in total. The minimum absolute atomic E-state index is 0.0886. The standard InChI is InChI=1S/C18H27N3O3/c1-23-16-7-15(8-17(9-16)24-2)21-6-5-14(12-21)20-18(22)11-19-10-13-3-4-13/h7-9,13-14,19H,3-6,10-12H2,1-2H3,(H,20,22). The molecule has 1 saturated heterocycles. The fourth-order valence-electron chi connectivity index (χ4n) is 3.08. The van der Waals surface area contributed by atoms with E-state index in [-0.39, 0.29) is 11.9 Å². The number of methoxy groups -OCH3 is 2. The SMILES string of the molecule is COc1cc(OC)cc(N2CCC(NC(=O)CNCC3CC3)C2)c1. The van der Waals surface area contributed by atoms with E-state index in [2.05, 4.69) is 15.5 Å². The van der Waals surface area contributed by atoms with Crippen LogP contribution in [0.1, 0.15) is 19.3 Å². The van der Waals surface area contributed by atoms with Crippen molar-refractivity contribution >= 4 is 11.6 Å². The van der Waals surface area contributed by atoms with Crippen LogP contribution in [0.15, 0.2) is 18.2 Å². The van der Waals surface area contributed by atoms with Crippen LogP contribution in [0.25, 0.3) is 0 Å². The van der Waals surface area contributed by atoms with Crippen molar-refractivity contribution in [2.75, 3.05) is 45.3 Å². The van der Waals surface area contributed by atoms with Gasteiger partial charge in [0.25, 0.3) is 0 Å². The Morgan fingerprint density at radius 1 is 1.17 bits per heavy atom.